The summed E-state index contributed by atoms with van der Waals surface area (Å²) in [6, 6.07) is 4.28. The van der Waals surface area contributed by atoms with E-state index in [0.717, 1.165) is 18.9 Å². The summed E-state index contributed by atoms with van der Waals surface area (Å²) in [7, 11) is 0. The summed E-state index contributed by atoms with van der Waals surface area (Å²) in [4.78, 5) is 11.0. The number of aromatic carboxylic acids is 1. The minimum absolute atomic E-state index is 0.210. The summed E-state index contributed by atoms with van der Waals surface area (Å²) in [5.41, 5.74) is 0.0854. The third kappa shape index (κ3) is 2.54. The lowest BCUT2D eigenvalue weighted by molar-refractivity contribution is 0.0693. The Morgan fingerprint density at radius 2 is 2.29 bits per heavy atom. The number of benzene rings is 1. The second-order valence-corrected chi connectivity index (χ2v) is 5.48. The minimum atomic E-state index is -1.24. The summed E-state index contributed by atoms with van der Waals surface area (Å²) in [5.74, 6) is -1.93. The second-order valence-electron chi connectivity index (χ2n) is 4.21. The molecule has 0 aromatic heterocycles. The molecule has 1 aliphatic rings. The number of thioether (sulfide) groups is 1. The highest BCUT2D eigenvalue weighted by atomic mass is 32.2. The summed E-state index contributed by atoms with van der Waals surface area (Å²) >= 11 is 1.77. The van der Waals surface area contributed by atoms with Crippen LogP contribution in [0.15, 0.2) is 18.2 Å². The van der Waals surface area contributed by atoms with Crippen LogP contribution in [0.3, 0.4) is 0 Å². The lowest BCUT2D eigenvalue weighted by Gasteiger charge is -2.15. The van der Waals surface area contributed by atoms with E-state index in [4.69, 9.17) is 5.11 Å². The van der Waals surface area contributed by atoms with Crippen LogP contribution in [0.2, 0.25) is 0 Å². The van der Waals surface area contributed by atoms with Crippen LogP contribution >= 0.6 is 11.8 Å². The molecule has 92 valence electrons. The fourth-order valence-electron chi connectivity index (χ4n) is 1.74. The zero-order chi connectivity index (χ0) is 12.5. The van der Waals surface area contributed by atoms with Crippen molar-refractivity contribution in [2.24, 2.45) is 0 Å². The molecule has 1 aromatic carbocycles. The normalized spacial score (nSPS) is 16.6. The molecule has 0 heterocycles. The van der Waals surface area contributed by atoms with Crippen LogP contribution in [0.4, 0.5) is 10.1 Å². The van der Waals surface area contributed by atoms with Gasteiger partial charge >= 0.3 is 5.97 Å². The number of rotatable bonds is 5. The standard InChI is InChI=1S/C12H14FNO2S/c1-17-12(5-6-12)7-14-9-4-2-3-8(13)10(9)11(15)16/h2-4,14H,5-7H2,1H3,(H,15,16). The molecule has 0 aliphatic heterocycles. The Morgan fingerprint density at radius 1 is 1.59 bits per heavy atom. The van der Waals surface area contributed by atoms with Gasteiger partial charge in [0.2, 0.25) is 0 Å². The van der Waals surface area contributed by atoms with Gasteiger partial charge < -0.3 is 10.4 Å². The molecular formula is C12H14FNO2S. The molecular weight excluding hydrogens is 241 g/mol. The summed E-state index contributed by atoms with van der Waals surface area (Å²) in [6.07, 6.45) is 4.29. The van der Waals surface area contributed by atoms with Gasteiger partial charge in [0, 0.05) is 11.3 Å². The number of anilines is 1. The molecule has 2 N–H and O–H groups in total. The maximum Gasteiger partial charge on any atom is 0.340 e. The molecule has 0 saturated heterocycles. The van der Waals surface area contributed by atoms with E-state index in [2.05, 4.69) is 5.32 Å². The van der Waals surface area contributed by atoms with Crippen molar-refractivity contribution in [3.63, 3.8) is 0 Å². The van der Waals surface area contributed by atoms with Crippen LogP contribution in [0.5, 0.6) is 0 Å². The summed E-state index contributed by atoms with van der Waals surface area (Å²) < 4.78 is 13.6. The molecule has 3 nitrogen and oxygen atoms in total. The monoisotopic (exact) mass is 255 g/mol. The van der Waals surface area contributed by atoms with Crippen LogP contribution in [-0.2, 0) is 0 Å². The molecule has 0 radical (unpaired) electrons. The lowest BCUT2D eigenvalue weighted by Crippen LogP contribution is -2.19. The van der Waals surface area contributed by atoms with Gasteiger partial charge in [0.05, 0.1) is 5.69 Å². The smallest absolute Gasteiger partial charge is 0.340 e. The Hall–Kier alpha value is -1.23. The van der Waals surface area contributed by atoms with Gasteiger partial charge in [-0.05, 0) is 31.2 Å². The van der Waals surface area contributed by atoms with Gasteiger partial charge in [-0.15, -0.1) is 0 Å². The first-order valence-electron chi connectivity index (χ1n) is 5.39. The molecule has 17 heavy (non-hydrogen) atoms. The Bertz CT molecular complexity index is 446. The maximum atomic E-state index is 13.4. The predicted molar refractivity (Wildman–Crippen MR) is 67.3 cm³/mol. The molecule has 0 spiro atoms. The van der Waals surface area contributed by atoms with Gasteiger partial charge in [-0.2, -0.15) is 11.8 Å². The van der Waals surface area contributed by atoms with Gasteiger partial charge in [0.15, 0.2) is 0 Å². The van der Waals surface area contributed by atoms with Crippen molar-refractivity contribution in [1.82, 2.24) is 0 Å². The average Bonchev–Trinajstić information content (AvgIpc) is 3.06. The van der Waals surface area contributed by atoms with Crippen LogP contribution in [-0.4, -0.2) is 28.6 Å². The zero-order valence-electron chi connectivity index (χ0n) is 9.50. The Morgan fingerprint density at radius 3 is 2.82 bits per heavy atom. The minimum Gasteiger partial charge on any atom is -0.478 e. The topological polar surface area (TPSA) is 49.3 Å². The molecule has 1 saturated carbocycles. The van der Waals surface area contributed by atoms with E-state index < -0.39 is 11.8 Å². The van der Waals surface area contributed by atoms with Crippen molar-refractivity contribution < 1.29 is 14.3 Å². The molecule has 0 atom stereocenters. The first-order valence-corrected chi connectivity index (χ1v) is 6.61. The highest BCUT2D eigenvalue weighted by Gasteiger charge is 2.41. The van der Waals surface area contributed by atoms with Gasteiger partial charge in [0.1, 0.15) is 11.4 Å². The summed E-state index contributed by atoms with van der Waals surface area (Å²) in [5, 5.41) is 12.0. The first-order chi connectivity index (χ1) is 8.08. The van der Waals surface area contributed by atoms with Crippen LogP contribution < -0.4 is 5.32 Å². The summed E-state index contributed by atoms with van der Waals surface area (Å²) in [6.45, 7) is 0.678. The van der Waals surface area contributed by atoms with Gasteiger partial charge in [-0.3, -0.25) is 0 Å². The fraction of sp³-hybridized carbons (Fsp3) is 0.417. The van der Waals surface area contributed by atoms with Crippen molar-refractivity contribution >= 4 is 23.4 Å². The Kier molecular flexibility index (Phi) is 3.28. The molecule has 0 unspecified atom stereocenters. The largest absolute Gasteiger partial charge is 0.478 e. The third-order valence-electron chi connectivity index (χ3n) is 3.07. The van der Waals surface area contributed by atoms with Crippen molar-refractivity contribution in [2.75, 3.05) is 18.1 Å². The molecule has 1 aromatic rings. The van der Waals surface area contributed by atoms with E-state index in [0.29, 0.717) is 12.2 Å². The van der Waals surface area contributed by atoms with Gasteiger partial charge in [-0.25, -0.2) is 9.18 Å². The Balaban J connectivity index is 2.15. The third-order valence-corrected chi connectivity index (χ3v) is 4.49. The van der Waals surface area contributed by atoms with E-state index in [9.17, 15) is 9.18 Å². The van der Waals surface area contributed by atoms with Gasteiger partial charge in [-0.1, -0.05) is 6.07 Å². The van der Waals surface area contributed by atoms with Gasteiger partial charge in [0.25, 0.3) is 0 Å². The number of carboxylic acid groups (broad SMARTS) is 1. The van der Waals surface area contributed by atoms with E-state index in [1.54, 1.807) is 17.8 Å². The highest BCUT2D eigenvalue weighted by molar-refractivity contribution is 8.00. The van der Waals surface area contributed by atoms with E-state index in [-0.39, 0.29) is 10.3 Å². The van der Waals surface area contributed by atoms with Crippen LogP contribution in [0.1, 0.15) is 23.2 Å². The molecule has 1 aliphatic carbocycles. The van der Waals surface area contributed by atoms with E-state index >= 15 is 0 Å². The molecule has 2 rings (SSSR count). The zero-order valence-corrected chi connectivity index (χ0v) is 10.3. The van der Waals surface area contributed by atoms with Crippen molar-refractivity contribution in [1.29, 1.82) is 0 Å². The molecule has 0 bridgehead atoms. The Labute approximate surface area is 103 Å². The molecule has 0 amide bonds. The average molecular weight is 255 g/mol. The number of nitrogens with one attached hydrogen (secondary N) is 1. The van der Waals surface area contributed by atoms with E-state index in [1.807, 2.05) is 6.26 Å². The number of halogens is 1. The van der Waals surface area contributed by atoms with E-state index in [1.165, 1.54) is 6.07 Å². The maximum absolute atomic E-state index is 13.4. The SMILES string of the molecule is CSC1(CNc2cccc(F)c2C(=O)O)CC1. The molecule has 5 heteroatoms. The first kappa shape index (κ1) is 12.2. The predicted octanol–water partition coefficient (Wildman–Crippen LogP) is 2.83. The van der Waals surface area contributed by atoms with Crippen molar-refractivity contribution in [3.8, 4) is 0 Å². The second kappa shape index (κ2) is 4.56. The van der Waals surface area contributed by atoms with Crippen molar-refractivity contribution in [3.05, 3.63) is 29.6 Å². The fourth-order valence-corrected chi connectivity index (χ4v) is 2.46. The number of carbonyl (C=O) groups is 1. The number of hydrogen-bond donors (Lipinski definition) is 2. The number of carboxylic acids is 1. The van der Waals surface area contributed by atoms with Crippen LogP contribution in [0, 0.1) is 5.82 Å². The molecule has 1 fully saturated rings. The number of hydrogen-bond acceptors (Lipinski definition) is 3. The van der Waals surface area contributed by atoms with Crippen molar-refractivity contribution in [2.45, 2.75) is 17.6 Å². The van der Waals surface area contributed by atoms with Crippen LogP contribution in [0.25, 0.3) is 0 Å². The quantitative estimate of drug-likeness (QED) is 0.849. The lowest BCUT2D eigenvalue weighted by atomic mass is 10.1. The highest BCUT2D eigenvalue weighted by Crippen LogP contribution is 2.47.